The van der Waals surface area contributed by atoms with Crippen LogP contribution in [0.4, 0.5) is 0 Å². The van der Waals surface area contributed by atoms with Gasteiger partial charge in [-0.2, -0.15) is 5.26 Å². The van der Waals surface area contributed by atoms with Gasteiger partial charge in [-0.15, -0.1) is 0 Å². The maximum Gasteiger partial charge on any atom is 0.129 e. The van der Waals surface area contributed by atoms with E-state index in [4.69, 9.17) is 28.5 Å². The van der Waals surface area contributed by atoms with E-state index in [1.165, 1.54) is 0 Å². The van der Waals surface area contributed by atoms with E-state index in [1.807, 2.05) is 18.2 Å². The molecule has 2 rings (SSSR count). The molecule has 1 aromatic carbocycles. The summed E-state index contributed by atoms with van der Waals surface area (Å²) in [5.41, 5.74) is 2.21. The van der Waals surface area contributed by atoms with Crippen molar-refractivity contribution in [1.29, 1.82) is 5.26 Å². The van der Waals surface area contributed by atoms with Crippen molar-refractivity contribution in [3.63, 3.8) is 0 Å². The Morgan fingerprint density at radius 3 is 2.65 bits per heavy atom. The minimum atomic E-state index is 0.402. The van der Waals surface area contributed by atoms with Gasteiger partial charge >= 0.3 is 0 Å². The topological polar surface area (TPSA) is 36.7 Å². The molecule has 0 spiro atoms. The van der Waals surface area contributed by atoms with Gasteiger partial charge in [0.1, 0.15) is 5.15 Å². The smallest absolute Gasteiger partial charge is 0.129 e. The standard InChI is InChI=1S/C13H8Cl2N2/c14-11-5-6-13(15)17-12(11)7-9-3-1-2-4-10(9)8-16/h1-6H,7H2. The summed E-state index contributed by atoms with van der Waals surface area (Å²) in [4.78, 5) is 4.17. The molecule has 0 N–H and O–H groups in total. The molecule has 1 heterocycles. The largest absolute Gasteiger partial charge is 0.239 e. The summed E-state index contributed by atoms with van der Waals surface area (Å²) in [5.74, 6) is 0. The van der Waals surface area contributed by atoms with Gasteiger partial charge in [0.15, 0.2) is 0 Å². The molecule has 0 atom stereocenters. The zero-order valence-corrected chi connectivity index (χ0v) is 10.3. The molecule has 0 fully saturated rings. The Kier molecular flexibility index (Phi) is 3.63. The van der Waals surface area contributed by atoms with Gasteiger partial charge in [-0.1, -0.05) is 41.4 Å². The van der Waals surface area contributed by atoms with E-state index in [2.05, 4.69) is 11.1 Å². The second-order valence-corrected chi connectivity index (χ2v) is 4.30. The van der Waals surface area contributed by atoms with Crippen molar-refractivity contribution >= 4 is 23.2 Å². The normalized spacial score (nSPS) is 9.94. The molecule has 1 aromatic heterocycles. The van der Waals surface area contributed by atoms with E-state index in [-0.39, 0.29) is 0 Å². The first kappa shape index (κ1) is 11.9. The molecular weight excluding hydrogens is 255 g/mol. The van der Waals surface area contributed by atoms with Crippen LogP contribution in [0.1, 0.15) is 16.8 Å². The van der Waals surface area contributed by atoms with Crippen LogP contribution in [-0.2, 0) is 6.42 Å². The molecule has 0 aliphatic heterocycles. The van der Waals surface area contributed by atoms with Crippen LogP contribution in [0.2, 0.25) is 10.2 Å². The second kappa shape index (κ2) is 5.18. The van der Waals surface area contributed by atoms with Crippen molar-refractivity contribution in [2.45, 2.75) is 6.42 Å². The van der Waals surface area contributed by atoms with Gasteiger partial charge in [-0.05, 0) is 23.8 Å². The highest BCUT2D eigenvalue weighted by atomic mass is 35.5. The summed E-state index contributed by atoms with van der Waals surface area (Å²) in [5, 5.41) is 9.95. The predicted octanol–water partition coefficient (Wildman–Crippen LogP) is 3.85. The lowest BCUT2D eigenvalue weighted by Crippen LogP contribution is -1.96. The van der Waals surface area contributed by atoms with Crippen LogP contribution in [-0.4, -0.2) is 4.98 Å². The molecule has 0 aliphatic rings. The number of rotatable bonds is 2. The van der Waals surface area contributed by atoms with Crippen molar-refractivity contribution in [2.24, 2.45) is 0 Å². The highest BCUT2D eigenvalue weighted by Crippen LogP contribution is 2.21. The summed E-state index contributed by atoms with van der Waals surface area (Å²) < 4.78 is 0. The van der Waals surface area contributed by atoms with E-state index in [0.29, 0.717) is 27.9 Å². The molecule has 0 unspecified atom stereocenters. The lowest BCUT2D eigenvalue weighted by Gasteiger charge is -2.05. The third-order valence-electron chi connectivity index (χ3n) is 2.38. The summed E-state index contributed by atoms with van der Waals surface area (Å²) >= 11 is 11.9. The van der Waals surface area contributed by atoms with Gasteiger partial charge in [0.25, 0.3) is 0 Å². The van der Waals surface area contributed by atoms with Gasteiger partial charge < -0.3 is 0 Å². The molecule has 0 saturated carbocycles. The van der Waals surface area contributed by atoms with Crippen LogP contribution >= 0.6 is 23.2 Å². The first-order chi connectivity index (χ1) is 8.20. The number of aromatic nitrogens is 1. The SMILES string of the molecule is N#Cc1ccccc1Cc1nc(Cl)ccc1Cl. The van der Waals surface area contributed by atoms with E-state index < -0.39 is 0 Å². The van der Waals surface area contributed by atoms with Crippen molar-refractivity contribution in [2.75, 3.05) is 0 Å². The molecule has 0 amide bonds. The third kappa shape index (κ3) is 2.76. The third-order valence-corrected chi connectivity index (χ3v) is 2.93. The van der Waals surface area contributed by atoms with Crippen molar-refractivity contribution in [3.05, 3.63) is 63.4 Å². The number of halogens is 2. The second-order valence-electron chi connectivity index (χ2n) is 3.51. The van der Waals surface area contributed by atoms with Gasteiger partial charge in [0.05, 0.1) is 22.3 Å². The van der Waals surface area contributed by atoms with Crippen LogP contribution in [0.25, 0.3) is 0 Å². The molecule has 0 bridgehead atoms. The number of hydrogen-bond donors (Lipinski definition) is 0. The van der Waals surface area contributed by atoms with E-state index in [1.54, 1.807) is 18.2 Å². The molecule has 0 radical (unpaired) electrons. The van der Waals surface area contributed by atoms with Gasteiger partial charge in [-0.3, -0.25) is 0 Å². The van der Waals surface area contributed by atoms with Crippen molar-refractivity contribution in [3.8, 4) is 6.07 Å². The van der Waals surface area contributed by atoms with E-state index in [0.717, 1.165) is 5.56 Å². The fraction of sp³-hybridized carbons (Fsp3) is 0.0769. The predicted molar refractivity (Wildman–Crippen MR) is 68.2 cm³/mol. The molecule has 4 heteroatoms. The first-order valence-electron chi connectivity index (χ1n) is 4.99. The zero-order chi connectivity index (χ0) is 12.3. The Balaban J connectivity index is 2.38. The van der Waals surface area contributed by atoms with Gasteiger partial charge in [-0.25, -0.2) is 4.98 Å². The highest BCUT2D eigenvalue weighted by molar-refractivity contribution is 6.32. The van der Waals surface area contributed by atoms with Crippen LogP contribution in [0, 0.1) is 11.3 Å². The maximum atomic E-state index is 8.99. The number of nitriles is 1. The van der Waals surface area contributed by atoms with Crippen LogP contribution in [0.15, 0.2) is 36.4 Å². The Hall–Kier alpha value is -1.56. The zero-order valence-electron chi connectivity index (χ0n) is 8.82. The van der Waals surface area contributed by atoms with Crippen LogP contribution in [0.3, 0.4) is 0 Å². The lowest BCUT2D eigenvalue weighted by atomic mass is 10.0. The maximum absolute atomic E-state index is 8.99. The Bertz CT molecular complexity index is 588. The minimum Gasteiger partial charge on any atom is -0.239 e. The Labute approximate surface area is 109 Å². The highest BCUT2D eigenvalue weighted by Gasteiger charge is 2.07. The average Bonchev–Trinajstić information content (AvgIpc) is 2.34. The number of hydrogen-bond acceptors (Lipinski definition) is 2. The molecule has 2 aromatic rings. The lowest BCUT2D eigenvalue weighted by molar-refractivity contribution is 1.07. The monoisotopic (exact) mass is 262 g/mol. The molecule has 84 valence electrons. The number of benzene rings is 1. The van der Waals surface area contributed by atoms with E-state index >= 15 is 0 Å². The summed E-state index contributed by atoms with van der Waals surface area (Å²) in [7, 11) is 0. The van der Waals surface area contributed by atoms with Crippen LogP contribution < -0.4 is 0 Å². The van der Waals surface area contributed by atoms with Crippen molar-refractivity contribution in [1.82, 2.24) is 4.98 Å². The number of pyridine rings is 1. The molecule has 0 saturated heterocycles. The average molecular weight is 263 g/mol. The molecule has 17 heavy (non-hydrogen) atoms. The van der Waals surface area contributed by atoms with Gasteiger partial charge in [0.2, 0.25) is 0 Å². The summed E-state index contributed by atoms with van der Waals surface area (Å²) in [6.45, 7) is 0. The van der Waals surface area contributed by atoms with E-state index in [9.17, 15) is 0 Å². The molecule has 0 aliphatic carbocycles. The molecular formula is C13H8Cl2N2. The van der Waals surface area contributed by atoms with Crippen molar-refractivity contribution < 1.29 is 0 Å². The number of nitrogens with zero attached hydrogens (tertiary/aromatic N) is 2. The molecule has 2 nitrogen and oxygen atoms in total. The summed E-state index contributed by atoms with van der Waals surface area (Å²) in [6, 6.07) is 12.9. The first-order valence-corrected chi connectivity index (χ1v) is 5.75. The summed E-state index contributed by atoms with van der Waals surface area (Å²) in [6.07, 6.45) is 0.503. The Morgan fingerprint density at radius 2 is 1.88 bits per heavy atom. The minimum absolute atomic E-state index is 0.402. The Morgan fingerprint density at radius 1 is 1.12 bits per heavy atom. The van der Waals surface area contributed by atoms with Gasteiger partial charge in [0, 0.05) is 6.42 Å². The van der Waals surface area contributed by atoms with Crippen LogP contribution in [0.5, 0.6) is 0 Å². The quantitative estimate of drug-likeness (QED) is 0.771. The fourth-order valence-electron chi connectivity index (χ4n) is 1.55. The fourth-order valence-corrected chi connectivity index (χ4v) is 1.88.